The Balaban J connectivity index is 2.04. The molecule has 2 aromatic rings. The number of aromatic nitrogens is 1. The largest absolute Gasteiger partial charge is 0.324 e. The average Bonchev–Trinajstić information content (AvgIpc) is 2.57. The molecule has 0 bridgehead atoms. The van der Waals surface area contributed by atoms with E-state index in [0.717, 1.165) is 4.31 Å². The topological polar surface area (TPSA) is 79.4 Å². The normalized spacial score (nSPS) is 12.8. The fraction of sp³-hybridized carbons (Fsp3) is 0.250. The van der Waals surface area contributed by atoms with Crippen molar-refractivity contribution in [3.05, 3.63) is 47.6 Å². The Hall–Kier alpha value is -1.61. The summed E-state index contributed by atoms with van der Waals surface area (Å²) in [6.07, 6.45) is 1.29. The number of pyridine rings is 1. The molecule has 1 heterocycles. The van der Waals surface area contributed by atoms with Gasteiger partial charge in [0.15, 0.2) is 0 Å². The molecule has 0 fully saturated rings. The first-order valence-corrected chi connectivity index (χ1v) is 10.0. The third kappa shape index (κ3) is 4.94. The molecule has 1 atom stereocenters. The van der Waals surface area contributed by atoms with Crippen LogP contribution in [0.2, 0.25) is 5.02 Å². The van der Waals surface area contributed by atoms with E-state index in [1.54, 1.807) is 37.3 Å². The first kappa shape index (κ1) is 19.7. The SMILES string of the molecule is C[C@@H](Sc1ccc(S(=O)(=O)N(C)C)cn1)C(=O)Nc1ccccc1Cl. The van der Waals surface area contributed by atoms with Crippen molar-refractivity contribution in [1.82, 2.24) is 9.29 Å². The second kappa shape index (κ2) is 8.18. The number of amides is 1. The van der Waals surface area contributed by atoms with Gasteiger partial charge in [-0.25, -0.2) is 17.7 Å². The molecule has 0 unspecified atom stereocenters. The Morgan fingerprint density at radius 1 is 1.24 bits per heavy atom. The Morgan fingerprint density at radius 2 is 1.92 bits per heavy atom. The van der Waals surface area contributed by atoms with Crippen LogP contribution < -0.4 is 5.32 Å². The number of hydrogen-bond donors (Lipinski definition) is 1. The number of carbonyl (C=O) groups excluding carboxylic acids is 1. The van der Waals surface area contributed by atoms with Crippen molar-refractivity contribution >= 4 is 45.0 Å². The highest BCUT2D eigenvalue weighted by molar-refractivity contribution is 8.00. The van der Waals surface area contributed by atoms with Crippen molar-refractivity contribution in [3.63, 3.8) is 0 Å². The van der Waals surface area contributed by atoms with Crippen LogP contribution >= 0.6 is 23.4 Å². The zero-order valence-corrected chi connectivity index (χ0v) is 16.3. The molecule has 0 spiro atoms. The van der Waals surface area contributed by atoms with Crippen molar-refractivity contribution in [2.24, 2.45) is 0 Å². The fourth-order valence-electron chi connectivity index (χ4n) is 1.83. The summed E-state index contributed by atoms with van der Waals surface area (Å²) in [6, 6.07) is 10.0. The molecule has 0 saturated carbocycles. The quantitative estimate of drug-likeness (QED) is 0.755. The van der Waals surface area contributed by atoms with Crippen LogP contribution in [0.4, 0.5) is 5.69 Å². The van der Waals surface area contributed by atoms with E-state index >= 15 is 0 Å². The van der Waals surface area contributed by atoms with Crippen LogP contribution in [-0.4, -0.2) is 43.0 Å². The second-order valence-corrected chi connectivity index (χ2v) is 9.27. The summed E-state index contributed by atoms with van der Waals surface area (Å²) in [4.78, 5) is 16.5. The third-order valence-corrected chi connectivity index (χ3v) is 6.47. The van der Waals surface area contributed by atoms with E-state index in [1.165, 1.54) is 38.1 Å². The molecule has 1 amide bonds. The number of hydrogen-bond acceptors (Lipinski definition) is 5. The molecule has 134 valence electrons. The fourth-order valence-corrected chi connectivity index (χ4v) is 3.65. The summed E-state index contributed by atoms with van der Waals surface area (Å²) >= 11 is 7.25. The highest BCUT2D eigenvalue weighted by Crippen LogP contribution is 2.25. The standard InChI is InChI=1S/C16H18ClN3O3S2/c1-11(16(21)19-14-7-5-4-6-13(14)17)24-15-9-8-12(10-18-15)25(22,23)20(2)3/h4-11H,1-3H3,(H,19,21)/t11-/m1/s1. The minimum Gasteiger partial charge on any atom is -0.324 e. The zero-order chi connectivity index (χ0) is 18.6. The number of carbonyl (C=O) groups is 1. The van der Waals surface area contributed by atoms with Gasteiger partial charge >= 0.3 is 0 Å². The number of anilines is 1. The Morgan fingerprint density at radius 3 is 2.48 bits per heavy atom. The molecule has 1 N–H and O–H groups in total. The maximum absolute atomic E-state index is 12.3. The van der Waals surface area contributed by atoms with Crippen molar-refractivity contribution in [2.45, 2.75) is 22.1 Å². The minimum absolute atomic E-state index is 0.107. The van der Waals surface area contributed by atoms with Gasteiger partial charge in [-0.3, -0.25) is 4.79 Å². The van der Waals surface area contributed by atoms with Gasteiger partial charge in [-0.1, -0.05) is 35.5 Å². The molecule has 0 aliphatic rings. The Kier molecular flexibility index (Phi) is 6.45. The van der Waals surface area contributed by atoms with Gasteiger partial charge in [-0.2, -0.15) is 0 Å². The molecule has 9 heteroatoms. The number of halogens is 1. The second-order valence-electron chi connectivity index (χ2n) is 5.35. The first-order chi connectivity index (χ1) is 11.7. The highest BCUT2D eigenvalue weighted by atomic mass is 35.5. The third-order valence-electron chi connectivity index (χ3n) is 3.29. The van der Waals surface area contributed by atoms with Gasteiger partial charge in [0, 0.05) is 20.3 Å². The van der Waals surface area contributed by atoms with E-state index in [2.05, 4.69) is 10.3 Å². The maximum Gasteiger partial charge on any atom is 0.244 e. The number of nitrogens with one attached hydrogen (secondary N) is 1. The number of benzene rings is 1. The lowest BCUT2D eigenvalue weighted by Gasteiger charge is -2.13. The van der Waals surface area contributed by atoms with Crippen molar-refractivity contribution in [2.75, 3.05) is 19.4 Å². The van der Waals surface area contributed by atoms with Gasteiger partial charge in [-0.05, 0) is 31.2 Å². The lowest BCUT2D eigenvalue weighted by molar-refractivity contribution is -0.115. The molecule has 1 aromatic carbocycles. The van der Waals surface area contributed by atoms with E-state index in [-0.39, 0.29) is 10.8 Å². The summed E-state index contributed by atoms with van der Waals surface area (Å²) < 4.78 is 25.1. The smallest absolute Gasteiger partial charge is 0.244 e. The molecule has 1 aromatic heterocycles. The Bertz CT molecular complexity index is 855. The summed E-state index contributed by atoms with van der Waals surface area (Å²) in [6.45, 7) is 1.74. The minimum atomic E-state index is -3.52. The van der Waals surface area contributed by atoms with Crippen LogP contribution in [0.15, 0.2) is 52.5 Å². The summed E-state index contributed by atoms with van der Waals surface area (Å²) in [5.74, 6) is -0.218. The maximum atomic E-state index is 12.3. The molecule has 25 heavy (non-hydrogen) atoms. The van der Waals surface area contributed by atoms with Crippen molar-refractivity contribution in [1.29, 1.82) is 0 Å². The molecule has 2 rings (SSSR count). The molecule has 0 saturated heterocycles. The lowest BCUT2D eigenvalue weighted by atomic mass is 10.3. The van der Waals surface area contributed by atoms with Gasteiger partial charge in [-0.15, -0.1) is 0 Å². The van der Waals surface area contributed by atoms with Crippen molar-refractivity contribution in [3.8, 4) is 0 Å². The number of thioether (sulfide) groups is 1. The number of para-hydroxylation sites is 1. The summed E-state index contributed by atoms with van der Waals surface area (Å²) in [5.41, 5.74) is 0.544. The number of rotatable bonds is 6. The van der Waals surface area contributed by atoms with Crippen LogP contribution in [0, 0.1) is 0 Å². The molecule has 0 radical (unpaired) electrons. The molecular formula is C16H18ClN3O3S2. The van der Waals surface area contributed by atoms with Crippen molar-refractivity contribution < 1.29 is 13.2 Å². The van der Waals surface area contributed by atoms with E-state index in [0.29, 0.717) is 15.7 Å². The van der Waals surface area contributed by atoms with Gasteiger partial charge in [0.1, 0.15) is 4.90 Å². The Labute approximate surface area is 156 Å². The number of sulfonamides is 1. The van der Waals surface area contributed by atoms with Crippen LogP contribution in [0.3, 0.4) is 0 Å². The highest BCUT2D eigenvalue weighted by Gasteiger charge is 2.19. The van der Waals surface area contributed by atoms with E-state index in [9.17, 15) is 13.2 Å². The van der Waals surface area contributed by atoms with Gasteiger partial charge in [0.25, 0.3) is 0 Å². The predicted octanol–water partition coefficient (Wildman–Crippen LogP) is 3.10. The van der Waals surface area contributed by atoms with Crippen LogP contribution in [0.5, 0.6) is 0 Å². The van der Waals surface area contributed by atoms with E-state index in [4.69, 9.17) is 11.6 Å². The molecule has 0 aliphatic heterocycles. The number of nitrogens with zero attached hydrogens (tertiary/aromatic N) is 2. The van der Waals surface area contributed by atoms with Gasteiger partial charge < -0.3 is 5.32 Å². The lowest BCUT2D eigenvalue weighted by Crippen LogP contribution is -2.23. The summed E-state index contributed by atoms with van der Waals surface area (Å²) in [7, 11) is -0.601. The summed E-state index contributed by atoms with van der Waals surface area (Å²) in [5, 5.41) is 3.35. The van der Waals surface area contributed by atoms with E-state index < -0.39 is 15.3 Å². The zero-order valence-electron chi connectivity index (χ0n) is 13.9. The van der Waals surface area contributed by atoms with Gasteiger partial charge in [0.2, 0.25) is 15.9 Å². The molecular weight excluding hydrogens is 382 g/mol. The van der Waals surface area contributed by atoms with Crippen LogP contribution in [0.25, 0.3) is 0 Å². The van der Waals surface area contributed by atoms with Crippen LogP contribution in [0.1, 0.15) is 6.92 Å². The average molecular weight is 400 g/mol. The molecule has 6 nitrogen and oxygen atoms in total. The van der Waals surface area contributed by atoms with Gasteiger partial charge in [0.05, 0.1) is 21.0 Å². The molecule has 0 aliphatic carbocycles. The van der Waals surface area contributed by atoms with Crippen LogP contribution in [-0.2, 0) is 14.8 Å². The first-order valence-electron chi connectivity index (χ1n) is 7.32. The predicted molar refractivity (Wildman–Crippen MR) is 101 cm³/mol. The monoisotopic (exact) mass is 399 g/mol. The van der Waals surface area contributed by atoms with E-state index in [1.807, 2.05) is 0 Å².